The summed E-state index contributed by atoms with van der Waals surface area (Å²) in [6.45, 7) is 3.23. The zero-order chi connectivity index (χ0) is 26.7. The number of benzene rings is 3. The van der Waals surface area contributed by atoms with Gasteiger partial charge >= 0.3 is 0 Å². The third kappa shape index (κ3) is 5.54. The SMILES string of the molecule is COc1cc(C(=O)N2CCN(Cc3ccc(F)cc3)CC2)ccc1CS(=O)(=O)c1cccc2cccnc12. The van der Waals surface area contributed by atoms with Crippen LogP contribution in [0.4, 0.5) is 4.39 Å². The van der Waals surface area contributed by atoms with Gasteiger partial charge in [0, 0.05) is 55.4 Å². The topological polar surface area (TPSA) is 79.8 Å². The van der Waals surface area contributed by atoms with E-state index in [0.717, 1.165) is 10.9 Å². The highest BCUT2D eigenvalue weighted by Crippen LogP contribution is 2.29. The maximum atomic E-state index is 13.3. The fraction of sp³-hybridized carbons (Fsp3) is 0.241. The first-order valence-electron chi connectivity index (χ1n) is 12.3. The molecule has 4 aromatic rings. The van der Waals surface area contributed by atoms with E-state index in [1.165, 1.54) is 19.2 Å². The Balaban J connectivity index is 1.28. The van der Waals surface area contributed by atoms with Crippen LogP contribution in [0.25, 0.3) is 10.9 Å². The van der Waals surface area contributed by atoms with E-state index in [1.54, 1.807) is 59.6 Å². The van der Waals surface area contributed by atoms with E-state index in [0.29, 0.717) is 55.1 Å². The van der Waals surface area contributed by atoms with Crippen molar-refractivity contribution in [2.24, 2.45) is 0 Å². The molecule has 1 saturated heterocycles. The van der Waals surface area contributed by atoms with Crippen molar-refractivity contribution >= 4 is 26.6 Å². The number of hydrogen-bond donors (Lipinski definition) is 0. The molecule has 0 atom stereocenters. The summed E-state index contributed by atoms with van der Waals surface area (Å²) in [6.07, 6.45) is 1.57. The molecule has 2 heterocycles. The maximum absolute atomic E-state index is 13.3. The van der Waals surface area contributed by atoms with Crippen LogP contribution >= 0.6 is 0 Å². The highest BCUT2D eigenvalue weighted by molar-refractivity contribution is 7.90. The van der Waals surface area contributed by atoms with E-state index in [2.05, 4.69) is 9.88 Å². The van der Waals surface area contributed by atoms with Crippen LogP contribution in [0.1, 0.15) is 21.5 Å². The average molecular weight is 534 g/mol. The Morgan fingerprint density at radius 1 is 0.974 bits per heavy atom. The molecule has 0 saturated carbocycles. The second kappa shape index (κ2) is 10.9. The molecule has 5 rings (SSSR count). The fourth-order valence-corrected chi connectivity index (χ4v) is 6.30. The number of piperazine rings is 1. The molecular weight excluding hydrogens is 505 g/mol. The van der Waals surface area contributed by atoms with Gasteiger partial charge in [0.05, 0.1) is 23.3 Å². The van der Waals surface area contributed by atoms with E-state index >= 15 is 0 Å². The predicted molar refractivity (Wildman–Crippen MR) is 143 cm³/mol. The summed E-state index contributed by atoms with van der Waals surface area (Å²) in [6, 6.07) is 20.1. The van der Waals surface area contributed by atoms with E-state index in [-0.39, 0.29) is 22.4 Å². The van der Waals surface area contributed by atoms with Crippen LogP contribution in [0.3, 0.4) is 0 Å². The van der Waals surface area contributed by atoms with Gasteiger partial charge in [0.1, 0.15) is 11.6 Å². The van der Waals surface area contributed by atoms with Crippen LogP contribution in [0, 0.1) is 5.82 Å². The molecule has 0 radical (unpaired) electrons. The van der Waals surface area contributed by atoms with Gasteiger partial charge in [-0.2, -0.15) is 0 Å². The number of halogens is 1. The van der Waals surface area contributed by atoms with Crippen LogP contribution in [0.5, 0.6) is 5.75 Å². The molecule has 1 aromatic heterocycles. The molecule has 3 aromatic carbocycles. The molecule has 1 fully saturated rings. The van der Waals surface area contributed by atoms with Crippen molar-refractivity contribution < 1.29 is 22.3 Å². The molecular formula is C29H28FN3O4S. The summed E-state index contributed by atoms with van der Waals surface area (Å²) in [5.74, 6) is -0.309. The number of nitrogens with zero attached hydrogens (tertiary/aromatic N) is 3. The van der Waals surface area contributed by atoms with Crippen molar-refractivity contribution in [1.29, 1.82) is 0 Å². The zero-order valence-corrected chi connectivity index (χ0v) is 21.8. The van der Waals surface area contributed by atoms with Crippen molar-refractivity contribution in [2.45, 2.75) is 17.2 Å². The number of methoxy groups -OCH3 is 1. The number of fused-ring (bicyclic) bond motifs is 1. The number of para-hydroxylation sites is 1. The third-order valence-corrected chi connectivity index (χ3v) is 8.48. The van der Waals surface area contributed by atoms with Crippen molar-refractivity contribution in [1.82, 2.24) is 14.8 Å². The minimum Gasteiger partial charge on any atom is -0.496 e. The van der Waals surface area contributed by atoms with Gasteiger partial charge in [0.15, 0.2) is 9.84 Å². The molecule has 0 bridgehead atoms. The molecule has 0 N–H and O–H groups in total. The number of pyridine rings is 1. The minimum atomic E-state index is -3.72. The molecule has 196 valence electrons. The number of ether oxygens (including phenoxy) is 1. The van der Waals surface area contributed by atoms with E-state index in [9.17, 15) is 17.6 Å². The fourth-order valence-electron chi connectivity index (χ4n) is 4.75. The van der Waals surface area contributed by atoms with E-state index in [4.69, 9.17) is 4.74 Å². The highest BCUT2D eigenvalue weighted by Gasteiger charge is 2.25. The lowest BCUT2D eigenvalue weighted by Crippen LogP contribution is -2.48. The van der Waals surface area contributed by atoms with Crippen molar-refractivity contribution in [2.75, 3.05) is 33.3 Å². The van der Waals surface area contributed by atoms with Crippen LogP contribution in [-0.2, 0) is 22.1 Å². The second-order valence-corrected chi connectivity index (χ2v) is 11.3. The number of amides is 1. The predicted octanol–water partition coefficient (Wildman–Crippen LogP) is 4.31. The standard InChI is InChI=1S/C29H28FN3O4S/c1-37-26-18-23(29(34)33-16-14-32(15-17-33)19-21-7-11-25(30)12-8-21)9-10-24(26)20-38(35,36)27-6-2-4-22-5-3-13-31-28(22)27/h2-13,18H,14-17,19-20H2,1H3. The number of hydrogen-bond acceptors (Lipinski definition) is 6. The number of carbonyl (C=O) groups is 1. The molecule has 0 spiro atoms. The number of carbonyl (C=O) groups excluding carboxylic acids is 1. The van der Waals surface area contributed by atoms with E-state index in [1.807, 2.05) is 12.1 Å². The van der Waals surface area contributed by atoms with Crippen LogP contribution in [0.2, 0.25) is 0 Å². The summed E-state index contributed by atoms with van der Waals surface area (Å²) in [4.78, 5) is 21.7. The van der Waals surface area contributed by atoms with Gasteiger partial charge < -0.3 is 9.64 Å². The van der Waals surface area contributed by atoms with Gasteiger partial charge in [0.25, 0.3) is 5.91 Å². The van der Waals surface area contributed by atoms with Crippen LogP contribution < -0.4 is 4.74 Å². The lowest BCUT2D eigenvalue weighted by Gasteiger charge is -2.35. The zero-order valence-electron chi connectivity index (χ0n) is 21.0. The van der Waals surface area contributed by atoms with Crippen molar-refractivity contribution in [3.63, 3.8) is 0 Å². The van der Waals surface area contributed by atoms with Gasteiger partial charge in [-0.15, -0.1) is 0 Å². The molecule has 1 aliphatic heterocycles. The Hall–Kier alpha value is -3.82. The first-order valence-corrected chi connectivity index (χ1v) is 14.0. The minimum absolute atomic E-state index is 0.127. The number of sulfone groups is 1. The Bertz CT molecular complexity index is 1560. The average Bonchev–Trinajstić information content (AvgIpc) is 2.94. The molecule has 38 heavy (non-hydrogen) atoms. The quantitative estimate of drug-likeness (QED) is 0.352. The normalized spacial score (nSPS) is 14.5. The smallest absolute Gasteiger partial charge is 0.254 e. The van der Waals surface area contributed by atoms with Gasteiger partial charge in [-0.05, 0) is 42.0 Å². The molecule has 1 amide bonds. The van der Waals surface area contributed by atoms with Crippen LogP contribution in [0.15, 0.2) is 83.9 Å². The number of aromatic nitrogens is 1. The first kappa shape index (κ1) is 25.8. The van der Waals surface area contributed by atoms with Crippen molar-refractivity contribution in [3.05, 3.63) is 102 Å². The summed E-state index contributed by atoms with van der Waals surface area (Å²) < 4.78 is 45.3. The van der Waals surface area contributed by atoms with Gasteiger partial charge in [-0.25, -0.2) is 12.8 Å². The molecule has 7 nitrogen and oxygen atoms in total. The molecule has 0 aliphatic carbocycles. The molecule has 1 aliphatic rings. The van der Waals surface area contributed by atoms with Crippen LogP contribution in [-0.4, -0.2) is 62.4 Å². The largest absolute Gasteiger partial charge is 0.496 e. The van der Waals surface area contributed by atoms with Gasteiger partial charge in [0.2, 0.25) is 0 Å². The maximum Gasteiger partial charge on any atom is 0.254 e. The lowest BCUT2D eigenvalue weighted by atomic mass is 10.1. The second-order valence-electron chi connectivity index (χ2n) is 9.31. The summed E-state index contributed by atoms with van der Waals surface area (Å²) in [5, 5.41) is 0.749. The Kier molecular flexibility index (Phi) is 7.40. The summed E-state index contributed by atoms with van der Waals surface area (Å²) in [5.41, 5.74) is 2.38. The third-order valence-electron chi connectivity index (χ3n) is 6.79. The Morgan fingerprint density at radius 2 is 1.71 bits per heavy atom. The van der Waals surface area contributed by atoms with E-state index < -0.39 is 9.84 Å². The lowest BCUT2D eigenvalue weighted by molar-refractivity contribution is 0.0628. The highest BCUT2D eigenvalue weighted by atomic mass is 32.2. The number of rotatable bonds is 7. The first-order chi connectivity index (χ1) is 18.3. The molecule has 0 unspecified atom stereocenters. The van der Waals surface area contributed by atoms with Crippen molar-refractivity contribution in [3.8, 4) is 5.75 Å². The van der Waals surface area contributed by atoms with Gasteiger partial charge in [-0.3, -0.25) is 14.7 Å². The summed E-state index contributed by atoms with van der Waals surface area (Å²) >= 11 is 0. The molecule has 9 heteroatoms. The summed E-state index contributed by atoms with van der Waals surface area (Å²) in [7, 11) is -2.26. The Morgan fingerprint density at radius 3 is 2.45 bits per heavy atom. The monoisotopic (exact) mass is 533 g/mol. The van der Waals surface area contributed by atoms with Gasteiger partial charge in [-0.1, -0.05) is 36.4 Å². The Labute approximate surface area is 221 Å².